The molecule has 0 radical (unpaired) electrons. The van der Waals surface area contributed by atoms with E-state index in [2.05, 4.69) is 26.1 Å². The molecule has 0 atom stereocenters. The first-order chi connectivity index (χ1) is 7.20. The third-order valence-corrected chi connectivity index (χ3v) is 3.03. The maximum absolute atomic E-state index is 5.98. The number of rotatable bonds is 1. The van der Waals surface area contributed by atoms with Crippen LogP contribution < -0.4 is 5.73 Å². The zero-order valence-electron chi connectivity index (χ0n) is 7.61. The molecule has 2 aromatic rings. The molecule has 15 heavy (non-hydrogen) atoms. The van der Waals surface area contributed by atoms with Crippen LogP contribution in [0.1, 0.15) is 0 Å². The van der Waals surface area contributed by atoms with Crippen molar-refractivity contribution in [1.82, 2.24) is 10.2 Å². The molecule has 0 amide bonds. The molecular formula is C10H7BrClN3. The van der Waals surface area contributed by atoms with Gasteiger partial charge in [0.2, 0.25) is 0 Å². The minimum Gasteiger partial charge on any atom is -0.381 e. The highest BCUT2D eigenvalue weighted by atomic mass is 79.9. The van der Waals surface area contributed by atoms with Crippen LogP contribution in [0.15, 0.2) is 34.8 Å². The Balaban J connectivity index is 2.68. The van der Waals surface area contributed by atoms with Crippen LogP contribution in [0.3, 0.4) is 0 Å². The minimum absolute atomic E-state index is 0.332. The standard InChI is InChI=1S/C10H7BrClN3/c11-8-7(6-4-2-1-3-5-6)9(12)14-15-10(8)13/h1-5H,(H2,13,15). The van der Waals surface area contributed by atoms with E-state index in [1.54, 1.807) is 0 Å². The first-order valence-corrected chi connectivity index (χ1v) is 5.40. The summed E-state index contributed by atoms with van der Waals surface area (Å²) in [7, 11) is 0. The van der Waals surface area contributed by atoms with Gasteiger partial charge in [-0.1, -0.05) is 41.9 Å². The molecule has 0 aliphatic heterocycles. The molecule has 0 bridgehead atoms. The lowest BCUT2D eigenvalue weighted by Crippen LogP contribution is -1.97. The summed E-state index contributed by atoms with van der Waals surface area (Å²) in [6.07, 6.45) is 0. The SMILES string of the molecule is Nc1nnc(Cl)c(-c2ccccc2)c1Br. The summed E-state index contributed by atoms with van der Waals surface area (Å²) in [5.41, 5.74) is 7.37. The fourth-order valence-corrected chi connectivity index (χ4v) is 2.11. The van der Waals surface area contributed by atoms with Gasteiger partial charge in [-0.2, -0.15) is 0 Å². The van der Waals surface area contributed by atoms with Gasteiger partial charge in [0.1, 0.15) is 0 Å². The Hall–Kier alpha value is -1.13. The van der Waals surface area contributed by atoms with Gasteiger partial charge in [0.25, 0.3) is 0 Å². The highest BCUT2D eigenvalue weighted by Gasteiger charge is 2.12. The second-order valence-electron chi connectivity index (χ2n) is 2.93. The predicted molar refractivity (Wildman–Crippen MR) is 64.6 cm³/mol. The number of nitrogens with two attached hydrogens (primary N) is 1. The fourth-order valence-electron chi connectivity index (χ4n) is 1.26. The van der Waals surface area contributed by atoms with Crippen LogP contribution in [0.2, 0.25) is 5.15 Å². The van der Waals surface area contributed by atoms with Crippen molar-refractivity contribution in [2.75, 3.05) is 5.73 Å². The summed E-state index contributed by atoms with van der Waals surface area (Å²) in [6.45, 7) is 0. The fraction of sp³-hybridized carbons (Fsp3) is 0. The van der Waals surface area contributed by atoms with Crippen molar-refractivity contribution in [3.8, 4) is 11.1 Å². The first-order valence-electron chi connectivity index (χ1n) is 4.22. The molecule has 2 rings (SSSR count). The van der Waals surface area contributed by atoms with Gasteiger partial charge in [0, 0.05) is 5.56 Å². The predicted octanol–water partition coefficient (Wildman–Crippen LogP) is 3.14. The molecule has 2 N–H and O–H groups in total. The Morgan fingerprint density at radius 1 is 1.13 bits per heavy atom. The lowest BCUT2D eigenvalue weighted by atomic mass is 10.1. The van der Waals surface area contributed by atoms with E-state index in [4.69, 9.17) is 17.3 Å². The summed E-state index contributed by atoms with van der Waals surface area (Å²) < 4.78 is 0.675. The highest BCUT2D eigenvalue weighted by molar-refractivity contribution is 9.10. The van der Waals surface area contributed by atoms with Crippen LogP contribution in [0.4, 0.5) is 5.82 Å². The lowest BCUT2D eigenvalue weighted by Gasteiger charge is -2.07. The van der Waals surface area contributed by atoms with E-state index in [1.807, 2.05) is 30.3 Å². The molecule has 0 aliphatic carbocycles. The van der Waals surface area contributed by atoms with Crippen molar-refractivity contribution in [3.05, 3.63) is 40.0 Å². The molecule has 1 heterocycles. The average molecular weight is 285 g/mol. The summed E-state index contributed by atoms with van der Waals surface area (Å²) in [5, 5.41) is 7.83. The number of benzene rings is 1. The van der Waals surface area contributed by atoms with Crippen LogP contribution in [0, 0.1) is 0 Å². The third kappa shape index (κ3) is 1.96. The third-order valence-electron chi connectivity index (χ3n) is 1.96. The summed E-state index contributed by atoms with van der Waals surface area (Å²) in [5.74, 6) is 0.332. The number of hydrogen-bond acceptors (Lipinski definition) is 3. The molecule has 1 aromatic carbocycles. The quantitative estimate of drug-likeness (QED) is 0.875. The Kier molecular flexibility index (Phi) is 2.88. The van der Waals surface area contributed by atoms with Gasteiger partial charge in [0.15, 0.2) is 11.0 Å². The van der Waals surface area contributed by atoms with Gasteiger partial charge in [-0.3, -0.25) is 0 Å². The summed E-state index contributed by atoms with van der Waals surface area (Å²) in [6, 6.07) is 9.66. The highest BCUT2D eigenvalue weighted by Crippen LogP contribution is 2.35. The van der Waals surface area contributed by atoms with Crippen molar-refractivity contribution in [2.45, 2.75) is 0 Å². The van der Waals surface area contributed by atoms with Crippen LogP contribution in [-0.4, -0.2) is 10.2 Å². The second kappa shape index (κ2) is 4.16. The molecule has 0 aliphatic rings. The molecule has 0 unspecified atom stereocenters. The molecule has 76 valence electrons. The van der Waals surface area contributed by atoms with Gasteiger partial charge in [-0.15, -0.1) is 10.2 Å². The monoisotopic (exact) mass is 283 g/mol. The van der Waals surface area contributed by atoms with E-state index in [0.717, 1.165) is 11.1 Å². The van der Waals surface area contributed by atoms with Crippen molar-refractivity contribution in [1.29, 1.82) is 0 Å². The Morgan fingerprint density at radius 3 is 2.47 bits per heavy atom. The van der Waals surface area contributed by atoms with Crippen LogP contribution in [0.5, 0.6) is 0 Å². The number of hydrogen-bond donors (Lipinski definition) is 1. The van der Waals surface area contributed by atoms with E-state index in [0.29, 0.717) is 15.4 Å². The number of nitrogens with zero attached hydrogens (tertiary/aromatic N) is 2. The summed E-state index contributed by atoms with van der Waals surface area (Å²) in [4.78, 5) is 0. The Morgan fingerprint density at radius 2 is 1.80 bits per heavy atom. The van der Waals surface area contributed by atoms with E-state index in [9.17, 15) is 0 Å². The smallest absolute Gasteiger partial charge is 0.161 e. The molecule has 0 saturated heterocycles. The molecule has 5 heteroatoms. The normalized spacial score (nSPS) is 10.3. The van der Waals surface area contributed by atoms with E-state index in [1.165, 1.54) is 0 Å². The van der Waals surface area contributed by atoms with Crippen molar-refractivity contribution < 1.29 is 0 Å². The van der Waals surface area contributed by atoms with Gasteiger partial charge in [-0.25, -0.2) is 0 Å². The van der Waals surface area contributed by atoms with Crippen molar-refractivity contribution >= 4 is 33.3 Å². The molecule has 0 fully saturated rings. The van der Waals surface area contributed by atoms with Crippen LogP contribution in [-0.2, 0) is 0 Å². The average Bonchev–Trinajstić information content (AvgIpc) is 2.26. The molecular weight excluding hydrogens is 277 g/mol. The Labute approximate surface area is 100 Å². The zero-order chi connectivity index (χ0) is 10.8. The number of halogens is 2. The van der Waals surface area contributed by atoms with Gasteiger partial charge in [-0.05, 0) is 21.5 Å². The van der Waals surface area contributed by atoms with Crippen molar-refractivity contribution in [3.63, 3.8) is 0 Å². The lowest BCUT2D eigenvalue weighted by molar-refractivity contribution is 1.04. The zero-order valence-corrected chi connectivity index (χ0v) is 9.96. The molecule has 0 spiro atoms. The van der Waals surface area contributed by atoms with Gasteiger partial charge in [0.05, 0.1) is 4.47 Å². The molecule has 3 nitrogen and oxygen atoms in total. The number of aromatic nitrogens is 2. The van der Waals surface area contributed by atoms with Crippen molar-refractivity contribution in [2.24, 2.45) is 0 Å². The van der Waals surface area contributed by atoms with Crippen LogP contribution in [0.25, 0.3) is 11.1 Å². The van der Waals surface area contributed by atoms with Gasteiger partial charge < -0.3 is 5.73 Å². The van der Waals surface area contributed by atoms with Gasteiger partial charge >= 0.3 is 0 Å². The number of nitrogen functional groups attached to an aromatic ring is 1. The largest absolute Gasteiger partial charge is 0.381 e. The van der Waals surface area contributed by atoms with E-state index < -0.39 is 0 Å². The maximum Gasteiger partial charge on any atom is 0.161 e. The number of anilines is 1. The van der Waals surface area contributed by atoms with Crippen LogP contribution >= 0.6 is 27.5 Å². The second-order valence-corrected chi connectivity index (χ2v) is 4.08. The Bertz CT molecular complexity index is 488. The first kappa shape index (κ1) is 10.4. The van der Waals surface area contributed by atoms with E-state index >= 15 is 0 Å². The molecule has 0 saturated carbocycles. The summed E-state index contributed by atoms with van der Waals surface area (Å²) >= 11 is 9.33. The maximum atomic E-state index is 5.98. The topological polar surface area (TPSA) is 51.8 Å². The molecule has 1 aromatic heterocycles. The van der Waals surface area contributed by atoms with E-state index in [-0.39, 0.29) is 0 Å². The minimum atomic E-state index is 0.332.